The lowest BCUT2D eigenvalue weighted by Crippen LogP contribution is -3.00. The monoisotopic (exact) mass is 400 g/mol. The van der Waals surface area contributed by atoms with Crippen LogP contribution in [-0.2, 0) is 11.3 Å². The molecule has 1 aromatic carbocycles. The minimum absolute atomic E-state index is 0. The van der Waals surface area contributed by atoms with Crippen molar-refractivity contribution in [2.24, 2.45) is 0 Å². The summed E-state index contributed by atoms with van der Waals surface area (Å²) in [5.41, 5.74) is 2.08. The largest absolute Gasteiger partial charge is 1.00 e. The first-order valence-electron chi connectivity index (χ1n) is 8.41. The van der Waals surface area contributed by atoms with E-state index >= 15 is 0 Å². The minimum atomic E-state index is -0.408. The minimum Gasteiger partial charge on any atom is -1.00 e. The number of hydrogen-bond acceptors (Lipinski definition) is 7. The second-order valence-electron chi connectivity index (χ2n) is 6.96. The van der Waals surface area contributed by atoms with E-state index in [0.29, 0.717) is 21.7 Å². The molecule has 0 aliphatic rings. The van der Waals surface area contributed by atoms with Gasteiger partial charge in [-0.2, -0.15) is 0 Å². The molecule has 0 radical (unpaired) electrons. The van der Waals surface area contributed by atoms with Gasteiger partial charge >= 0.3 is 5.97 Å². The molecule has 0 spiro atoms. The maximum Gasteiger partial charge on any atom is 0.340 e. The van der Waals surface area contributed by atoms with Gasteiger partial charge < -0.3 is 17.1 Å². The predicted octanol–water partition coefficient (Wildman–Crippen LogP) is -0.805. The Hall–Kier alpha value is -2.97. The summed E-state index contributed by atoms with van der Waals surface area (Å²) in [6.45, 7) is 1.90. The van der Waals surface area contributed by atoms with E-state index in [4.69, 9.17) is 4.74 Å². The molecule has 146 valence electrons. The molecule has 0 aliphatic carbocycles. The number of carbonyl (C=O) groups is 1. The number of pyridine rings is 1. The molecule has 2 aromatic heterocycles. The van der Waals surface area contributed by atoms with Crippen molar-refractivity contribution in [2.75, 3.05) is 21.1 Å². The Kier molecular flexibility index (Phi) is 6.71. The molecule has 0 saturated heterocycles. The molecule has 0 aliphatic heterocycles. The standard InChI is InChI=1S/C19H21N6O2.ClH/c1-13-21-23-18(24-22-13)15-7-5-14(6-8-15)12-27-19(26)16-9-10-17(20-11-16)25(2,3)4;/h5-11H,12H2,1-4H3;1H/q+1;/p-1. The Morgan fingerprint density at radius 1 is 0.964 bits per heavy atom. The molecule has 8 nitrogen and oxygen atoms in total. The van der Waals surface area contributed by atoms with Gasteiger partial charge in [0.1, 0.15) is 6.61 Å². The van der Waals surface area contributed by atoms with E-state index < -0.39 is 5.97 Å². The van der Waals surface area contributed by atoms with Gasteiger partial charge in [0.05, 0.1) is 26.7 Å². The second kappa shape index (κ2) is 8.81. The van der Waals surface area contributed by atoms with Crippen LogP contribution in [0.2, 0.25) is 0 Å². The third-order valence-corrected chi connectivity index (χ3v) is 3.83. The Morgan fingerprint density at radius 2 is 1.61 bits per heavy atom. The summed E-state index contributed by atoms with van der Waals surface area (Å²) in [6, 6.07) is 10.9. The number of esters is 1. The Labute approximate surface area is 169 Å². The number of ether oxygens (including phenoxy) is 1. The van der Waals surface area contributed by atoms with E-state index in [-0.39, 0.29) is 19.0 Å². The number of carbonyl (C=O) groups excluding carboxylic acids is 1. The number of rotatable bonds is 5. The lowest BCUT2D eigenvalue weighted by atomic mass is 10.1. The highest BCUT2D eigenvalue weighted by Gasteiger charge is 2.15. The van der Waals surface area contributed by atoms with Crippen molar-refractivity contribution in [3.63, 3.8) is 0 Å². The first kappa shape index (κ1) is 21.3. The first-order chi connectivity index (χ1) is 12.8. The Morgan fingerprint density at radius 3 is 2.14 bits per heavy atom. The van der Waals surface area contributed by atoms with E-state index in [9.17, 15) is 4.79 Å². The maximum atomic E-state index is 12.2. The molecule has 28 heavy (non-hydrogen) atoms. The van der Waals surface area contributed by atoms with Gasteiger partial charge in [0.15, 0.2) is 5.82 Å². The first-order valence-corrected chi connectivity index (χ1v) is 8.41. The fourth-order valence-corrected chi connectivity index (χ4v) is 2.28. The van der Waals surface area contributed by atoms with Crippen LogP contribution in [0.4, 0.5) is 5.82 Å². The van der Waals surface area contributed by atoms with E-state index in [1.165, 1.54) is 0 Å². The van der Waals surface area contributed by atoms with Gasteiger partial charge in [-0.3, -0.25) is 4.48 Å². The smallest absolute Gasteiger partial charge is 0.340 e. The van der Waals surface area contributed by atoms with E-state index in [1.807, 2.05) is 51.5 Å². The van der Waals surface area contributed by atoms with Gasteiger partial charge in [-0.1, -0.05) is 24.3 Å². The molecule has 0 N–H and O–H groups in total. The van der Waals surface area contributed by atoms with Gasteiger partial charge in [-0.25, -0.2) is 9.78 Å². The van der Waals surface area contributed by atoms with Gasteiger partial charge in [-0.05, 0) is 18.6 Å². The summed E-state index contributed by atoms with van der Waals surface area (Å²) >= 11 is 0. The summed E-state index contributed by atoms with van der Waals surface area (Å²) in [4.78, 5) is 16.5. The number of aryl methyl sites for hydroxylation is 1. The van der Waals surface area contributed by atoms with Crippen molar-refractivity contribution in [3.8, 4) is 11.4 Å². The summed E-state index contributed by atoms with van der Waals surface area (Å²) in [5, 5.41) is 15.8. The summed E-state index contributed by atoms with van der Waals surface area (Å²) in [6.07, 6.45) is 1.54. The quantitative estimate of drug-likeness (QED) is 0.409. The number of hydrogen-bond donors (Lipinski definition) is 0. The number of nitrogens with zero attached hydrogens (tertiary/aromatic N) is 6. The molecule has 0 unspecified atom stereocenters. The van der Waals surface area contributed by atoms with Crippen LogP contribution in [0.3, 0.4) is 0 Å². The van der Waals surface area contributed by atoms with Gasteiger partial charge in [0.25, 0.3) is 0 Å². The third-order valence-electron chi connectivity index (χ3n) is 3.83. The molecule has 0 amide bonds. The molecule has 0 bridgehead atoms. The normalized spacial score (nSPS) is 10.9. The summed E-state index contributed by atoms with van der Waals surface area (Å²) in [7, 11) is 6.04. The van der Waals surface area contributed by atoms with Gasteiger partial charge in [-0.15, -0.1) is 20.4 Å². The lowest BCUT2D eigenvalue weighted by Gasteiger charge is -2.21. The highest BCUT2D eigenvalue weighted by atomic mass is 35.5. The van der Waals surface area contributed by atoms with Crippen molar-refractivity contribution in [2.45, 2.75) is 13.5 Å². The molecular formula is C19H21ClN6O2. The average Bonchev–Trinajstić information content (AvgIpc) is 2.66. The zero-order chi connectivity index (χ0) is 19.4. The van der Waals surface area contributed by atoms with Crippen LogP contribution < -0.4 is 16.9 Å². The number of quaternary nitrogens is 1. The van der Waals surface area contributed by atoms with Gasteiger partial charge in [0, 0.05) is 17.8 Å². The summed E-state index contributed by atoms with van der Waals surface area (Å²) in [5.74, 6) is 1.43. The zero-order valence-electron chi connectivity index (χ0n) is 16.1. The van der Waals surface area contributed by atoms with E-state index in [0.717, 1.165) is 16.9 Å². The SMILES string of the molecule is Cc1nnc(-c2ccc(COC(=O)c3ccc([N+](C)(C)C)nc3)cc2)nn1.[Cl-]. The van der Waals surface area contributed by atoms with Crippen LogP contribution in [0.25, 0.3) is 11.4 Å². The number of benzene rings is 1. The van der Waals surface area contributed by atoms with Crippen LogP contribution in [0.1, 0.15) is 21.7 Å². The molecule has 2 heterocycles. The third kappa shape index (κ3) is 5.28. The highest BCUT2D eigenvalue weighted by Crippen LogP contribution is 2.16. The van der Waals surface area contributed by atoms with Crippen LogP contribution in [0.5, 0.6) is 0 Å². The molecule has 3 aromatic rings. The van der Waals surface area contributed by atoms with E-state index in [2.05, 4.69) is 25.4 Å². The Balaban J connectivity index is 0.00000280. The molecule has 0 fully saturated rings. The van der Waals surface area contributed by atoms with Gasteiger partial charge in [0.2, 0.25) is 11.6 Å². The predicted molar refractivity (Wildman–Crippen MR) is 101 cm³/mol. The van der Waals surface area contributed by atoms with Crippen molar-refractivity contribution >= 4 is 11.8 Å². The fraction of sp³-hybridized carbons (Fsp3) is 0.263. The van der Waals surface area contributed by atoms with Crippen LogP contribution in [0.15, 0.2) is 42.6 Å². The van der Waals surface area contributed by atoms with Crippen molar-refractivity contribution < 1.29 is 21.9 Å². The molecule has 3 rings (SSSR count). The van der Waals surface area contributed by atoms with Crippen LogP contribution in [0, 0.1) is 6.92 Å². The highest BCUT2D eigenvalue weighted by molar-refractivity contribution is 5.89. The van der Waals surface area contributed by atoms with Crippen LogP contribution in [-0.4, -0.2) is 52.5 Å². The maximum absolute atomic E-state index is 12.2. The number of halogens is 1. The zero-order valence-corrected chi connectivity index (χ0v) is 16.9. The fourth-order valence-electron chi connectivity index (χ4n) is 2.28. The van der Waals surface area contributed by atoms with E-state index in [1.54, 1.807) is 19.2 Å². The Bertz CT molecular complexity index is 923. The molecule has 0 saturated carbocycles. The van der Waals surface area contributed by atoms with Crippen LogP contribution >= 0.6 is 0 Å². The second-order valence-corrected chi connectivity index (χ2v) is 6.96. The topological polar surface area (TPSA) is 90.8 Å². The lowest BCUT2D eigenvalue weighted by molar-refractivity contribution is -0.0000244. The average molecular weight is 401 g/mol. The molecular weight excluding hydrogens is 380 g/mol. The van der Waals surface area contributed by atoms with Crippen molar-refractivity contribution in [1.29, 1.82) is 0 Å². The molecule has 0 atom stereocenters. The van der Waals surface area contributed by atoms with Crippen molar-refractivity contribution in [1.82, 2.24) is 29.9 Å². The van der Waals surface area contributed by atoms with Crippen molar-refractivity contribution in [3.05, 3.63) is 59.5 Å². The summed E-state index contributed by atoms with van der Waals surface area (Å²) < 4.78 is 5.94. The number of aromatic nitrogens is 5. The molecule has 9 heteroatoms.